The number of rotatable bonds is 5. The van der Waals surface area contributed by atoms with Crippen molar-refractivity contribution in [3.05, 3.63) is 33.3 Å². The molecule has 88 valence electrons. The Morgan fingerprint density at radius 2 is 2.12 bits per heavy atom. The summed E-state index contributed by atoms with van der Waals surface area (Å²) in [5, 5.41) is 11.1. The zero-order chi connectivity index (χ0) is 12.1. The van der Waals surface area contributed by atoms with Crippen LogP contribution in [0.4, 0.5) is 11.4 Å². The molecule has 0 aromatic heterocycles. The molecule has 1 aromatic rings. The maximum atomic E-state index is 10.7. The maximum absolute atomic E-state index is 10.7. The van der Waals surface area contributed by atoms with Crippen molar-refractivity contribution in [3.63, 3.8) is 0 Å². The molecule has 0 fully saturated rings. The smallest absolute Gasteiger partial charge is 0.272 e. The number of nitro benzene ring substituents is 1. The number of hydrogen-bond donors (Lipinski definition) is 0. The fourth-order valence-electron chi connectivity index (χ4n) is 1.41. The van der Waals surface area contributed by atoms with E-state index in [1.54, 1.807) is 12.1 Å². The minimum absolute atomic E-state index is 0.0332. The van der Waals surface area contributed by atoms with Gasteiger partial charge in [0, 0.05) is 36.4 Å². The van der Waals surface area contributed by atoms with Crippen LogP contribution in [0, 0.1) is 10.1 Å². The Labute approximate surface area is 100.0 Å². The second-order valence-corrected chi connectivity index (χ2v) is 4.14. The molecule has 0 bridgehead atoms. The second-order valence-electron chi connectivity index (χ2n) is 3.70. The zero-order valence-electron chi connectivity index (χ0n) is 9.44. The highest BCUT2D eigenvalue weighted by atomic mass is 35.5. The summed E-state index contributed by atoms with van der Waals surface area (Å²) >= 11 is 5.84. The van der Waals surface area contributed by atoms with Gasteiger partial charge in [0.1, 0.15) is 0 Å². The first-order valence-corrected chi connectivity index (χ1v) is 5.58. The van der Waals surface area contributed by atoms with Gasteiger partial charge in [0.2, 0.25) is 0 Å². The maximum Gasteiger partial charge on any atom is 0.272 e. The van der Waals surface area contributed by atoms with Crippen molar-refractivity contribution in [2.24, 2.45) is 0 Å². The number of halogens is 1. The van der Waals surface area contributed by atoms with Gasteiger partial charge >= 0.3 is 0 Å². The standard InChI is InChI=1S/C11H15ClN2O2/c1-3-4-5-13(2)10-6-9(12)7-11(8-10)14(15)16/h6-8H,3-5H2,1-2H3. The van der Waals surface area contributed by atoms with Crippen LogP contribution in [0.2, 0.25) is 5.02 Å². The Morgan fingerprint density at radius 3 is 2.69 bits per heavy atom. The van der Waals surface area contributed by atoms with Gasteiger partial charge in [-0.2, -0.15) is 0 Å². The van der Waals surface area contributed by atoms with Gasteiger partial charge in [0.25, 0.3) is 5.69 Å². The molecule has 0 aliphatic heterocycles. The van der Waals surface area contributed by atoms with Crippen molar-refractivity contribution >= 4 is 23.0 Å². The van der Waals surface area contributed by atoms with E-state index in [4.69, 9.17) is 11.6 Å². The molecular weight excluding hydrogens is 228 g/mol. The quantitative estimate of drug-likeness (QED) is 0.587. The Bertz CT molecular complexity index is 382. The van der Waals surface area contributed by atoms with Crippen LogP contribution in [-0.4, -0.2) is 18.5 Å². The van der Waals surface area contributed by atoms with Gasteiger partial charge in [-0.15, -0.1) is 0 Å². The Hall–Kier alpha value is -1.29. The lowest BCUT2D eigenvalue weighted by Crippen LogP contribution is -2.18. The van der Waals surface area contributed by atoms with E-state index in [1.807, 2.05) is 11.9 Å². The first-order chi connectivity index (χ1) is 7.54. The molecule has 0 amide bonds. The molecule has 4 nitrogen and oxygen atoms in total. The minimum atomic E-state index is -0.428. The monoisotopic (exact) mass is 242 g/mol. The molecule has 0 heterocycles. The summed E-state index contributed by atoms with van der Waals surface area (Å²) in [6.07, 6.45) is 2.14. The van der Waals surface area contributed by atoms with E-state index in [0.717, 1.165) is 25.1 Å². The van der Waals surface area contributed by atoms with Gasteiger partial charge in [-0.25, -0.2) is 0 Å². The lowest BCUT2D eigenvalue weighted by atomic mass is 10.2. The van der Waals surface area contributed by atoms with Crippen LogP contribution >= 0.6 is 11.6 Å². The van der Waals surface area contributed by atoms with Gasteiger partial charge in [-0.05, 0) is 12.5 Å². The van der Waals surface area contributed by atoms with E-state index in [2.05, 4.69) is 6.92 Å². The number of hydrogen-bond acceptors (Lipinski definition) is 3. The van der Waals surface area contributed by atoms with E-state index >= 15 is 0 Å². The zero-order valence-corrected chi connectivity index (χ0v) is 10.2. The normalized spacial score (nSPS) is 10.2. The number of benzene rings is 1. The molecule has 1 rings (SSSR count). The van der Waals surface area contributed by atoms with Gasteiger partial charge in [-0.3, -0.25) is 10.1 Å². The van der Waals surface area contributed by atoms with Crippen LogP contribution in [0.5, 0.6) is 0 Å². The van der Waals surface area contributed by atoms with Crippen molar-refractivity contribution in [1.82, 2.24) is 0 Å². The lowest BCUT2D eigenvalue weighted by Gasteiger charge is -2.18. The first kappa shape index (κ1) is 12.8. The summed E-state index contributed by atoms with van der Waals surface area (Å²) < 4.78 is 0. The number of anilines is 1. The average Bonchev–Trinajstić information content (AvgIpc) is 2.24. The molecule has 0 saturated carbocycles. The lowest BCUT2D eigenvalue weighted by molar-refractivity contribution is -0.384. The average molecular weight is 243 g/mol. The number of non-ortho nitro benzene ring substituents is 1. The van der Waals surface area contributed by atoms with E-state index in [-0.39, 0.29) is 5.69 Å². The topological polar surface area (TPSA) is 46.4 Å². The van der Waals surface area contributed by atoms with Crippen LogP contribution in [0.25, 0.3) is 0 Å². The van der Waals surface area contributed by atoms with Crippen molar-refractivity contribution in [1.29, 1.82) is 0 Å². The van der Waals surface area contributed by atoms with E-state index in [1.165, 1.54) is 6.07 Å². The van der Waals surface area contributed by atoms with Crippen molar-refractivity contribution in [2.75, 3.05) is 18.5 Å². The fourth-order valence-corrected chi connectivity index (χ4v) is 1.63. The third kappa shape index (κ3) is 3.38. The van der Waals surface area contributed by atoms with E-state index in [0.29, 0.717) is 5.02 Å². The van der Waals surface area contributed by atoms with E-state index < -0.39 is 4.92 Å². The predicted octanol–water partition coefficient (Wildman–Crippen LogP) is 3.48. The highest BCUT2D eigenvalue weighted by Crippen LogP contribution is 2.26. The molecule has 0 unspecified atom stereocenters. The largest absolute Gasteiger partial charge is 0.374 e. The highest BCUT2D eigenvalue weighted by molar-refractivity contribution is 6.31. The molecule has 0 aliphatic rings. The number of unbranched alkanes of at least 4 members (excludes halogenated alkanes) is 1. The minimum Gasteiger partial charge on any atom is -0.374 e. The van der Waals surface area contributed by atoms with Crippen molar-refractivity contribution in [2.45, 2.75) is 19.8 Å². The second kappa shape index (κ2) is 5.70. The third-order valence-corrected chi connectivity index (χ3v) is 2.58. The molecular formula is C11H15ClN2O2. The molecule has 5 heteroatoms. The van der Waals surface area contributed by atoms with Crippen LogP contribution in [0.3, 0.4) is 0 Å². The van der Waals surface area contributed by atoms with E-state index in [9.17, 15) is 10.1 Å². The highest BCUT2D eigenvalue weighted by Gasteiger charge is 2.11. The Morgan fingerprint density at radius 1 is 1.44 bits per heavy atom. The molecule has 0 radical (unpaired) electrons. The summed E-state index contributed by atoms with van der Waals surface area (Å²) in [4.78, 5) is 12.2. The van der Waals surface area contributed by atoms with Crippen LogP contribution in [0.15, 0.2) is 18.2 Å². The van der Waals surface area contributed by atoms with Crippen molar-refractivity contribution < 1.29 is 4.92 Å². The fraction of sp³-hybridized carbons (Fsp3) is 0.455. The van der Waals surface area contributed by atoms with Crippen molar-refractivity contribution in [3.8, 4) is 0 Å². The Kier molecular flexibility index (Phi) is 4.55. The summed E-state index contributed by atoms with van der Waals surface area (Å²) in [6, 6.07) is 4.64. The molecule has 16 heavy (non-hydrogen) atoms. The molecule has 0 spiro atoms. The molecule has 1 aromatic carbocycles. The first-order valence-electron chi connectivity index (χ1n) is 5.20. The molecule has 0 aliphatic carbocycles. The summed E-state index contributed by atoms with van der Waals surface area (Å²) in [6.45, 7) is 2.97. The Balaban J connectivity index is 2.91. The predicted molar refractivity (Wildman–Crippen MR) is 66.3 cm³/mol. The number of nitrogens with zero attached hydrogens (tertiary/aromatic N) is 2. The molecule has 0 N–H and O–H groups in total. The van der Waals surface area contributed by atoms with Gasteiger partial charge in [0.05, 0.1) is 4.92 Å². The summed E-state index contributed by atoms with van der Waals surface area (Å²) in [5.41, 5.74) is 0.818. The summed E-state index contributed by atoms with van der Waals surface area (Å²) in [5.74, 6) is 0. The van der Waals surface area contributed by atoms with Crippen LogP contribution < -0.4 is 4.90 Å². The SMILES string of the molecule is CCCCN(C)c1cc(Cl)cc([N+](=O)[O-])c1. The van der Waals surface area contributed by atoms with Gasteiger partial charge < -0.3 is 4.90 Å². The number of nitro groups is 1. The molecule has 0 saturated heterocycles. The molecule has 0 atom stereocenters. The third-order valence-electron chi connectivity index (χ3n) is 2.37. The summed E-state index contributed by atoms with van der Waals surface area (Å²) in [7, 11) is 1.91. The van der Waals surface area contributed by atoms with Gasteiger partial charge in [-0.1, -0.05) is 24.9 Å². The van der Waals surface area contributed by atoms with Crippen LogP contribution in [-0.2, 0) is 0 Å². The van der Waals surface area contributed by atoms with Gasteiger partial charge in [0.15, 0.2) is 0 Å². The van der Waals surface area contributed by atoms with Crippen LogP contribution in [0.1, 0.15) is 19.8 Å².